The van der Waals surface area contributed by atoms with E-state index in [9.17, 15) is 5.11 Å². The van der Waals surface area contributed by atoms with Gasteiger partial charge in [-0.3, -0.25) is 0 Å². The van der Waals surface area contributed by atoms with Crippen molar-refractivity contribution in [2.24, 2.45) is 4.99 Å². The Morgan fingerprint density at radius 2 is 1.85 bits per heavy atom. The standard InChI is InChI=1S/C20H25N3O3.HI/c1-2-21-20(23-12-16-5-3-4-6-17(16)13-24)22-10-9-15-7-8-18-19(11-15)26-14-25-18;/h3-8,11,24H,2,9-10,12-14H2,1H3,(H2,21,22,23);1H. The molecule has 3 N–H and O–H groups in total. The number of fused-ring (bicyclic) bond motifs is 1. The van der Waals surface area contributed by atoms with E-state index >= 15 is 0 Å². The van der Waals surface area contributed by atoms with E-state index in [0.29, 0.717) is 13.3 Å². The maximum absolute atomic E-state index is 9.42. The lowest BCUT2D eigenvalue weighted by Crippen LogP contribution is -2.38. The second-order valence-corrected chi connectivity index (χ2v) is 5.99. The average molecular weight is 483 g/mol. The summed E-state index contributed by atoms with van der Waals surface area (Å²) in [5, 5.41) is 16.0. The van der Waals surface area contributed by atoms with E-state index < -0.39 is 0 Å². The largest absolute Gasteiger partial charge is 0.454 e. The average Bonchev–Trinajstić information content (AvgIpc) is 3.14. The van der Waals surface area contributed by atoms with Gasteiger partial charge in [-0.2, -0.15) is 0 Å². The van der Waals surface area contributed by atoms with Crippen molar-refractivity contribution in [3.05, 3.63) is 59.2 Å². The number of benzene rings is 2. The van der Waals surface area contributed by atoms with Crippen LogP contribution in [0, 0.1) is 0 Å². The van der Waals surface area contributed by atoms with Gasteiger partial charge in [0.15, 0.2) is 17.5 Å². The summed E-state index contributed by atoms with van der Waals surface area (Å²) in [4.78, 5) is 4.62. The zero-order valence-corrected chi connectivity index (χ0v) is 17.7. The summed E-state index contributed by atoms with van der Waals surface area (Å²) in [6.07, 6.45) is 0.855. The number of halogens is 1. The van der Waals surface area contributed by atoms with Crippen LogP contribution in [0.15, 0.2) is 47.5 Å². The third-order valence-corrected chi connectivity index (χ3v) is 4.18. The van der Waals surface area contributed by atoms with E-state index in [0.717, 1.165) is 48.1 Å². The van der Waals surface area contributed by atoms with Crippen LogP contribution in [0.2, 0.25) is 0 Å². The van der Waals surface area contributed by atoms with Gasteiger partial charge in [-0.15, -0.1) is 24.0 Å². The number of rotatable bonds is 7. The zero-order valence-electron chi connectivity index (χ0n) is 15.4. The second-order valence-electron chi connectivity index (χ2n) is 5.99. The molecule has 0 saturated heterocycles. The van der Waals surface area contributed by atoms with E-state index in [1.807, 2.05) is 43.3 Å². The number of ether oxygens (including phenoxy) is 2. The predicted octanol–water partition coefficient (Wildman–Crippen LogP) is 2.82. The Morgan fingerprint density at radius 1 is 1.07 bits per heavy atom. The molecule has 3 rings (SSSR count). The minimum absolute atomic E-state index is 0. The molecule has 0 aliphatic carbocycles. The lowest BCUT2D eigenvalue weighted by molar-refractivity contribution is 0.174. The molecular weight excluding hydrogens is 457 g/mol. The van der Waals surface area contributed by atoms with Crippen LogP contribution in [0.3, 0.4) is 0 Å². The Balaban J connectivity index is 0.00000261. The smallest absolute Gasteiger partial charge is 0.231 e. The van der Waals surface area contributed by atoms with Crippen LogP contribution in [0.1, 0.15) is 23.6 Å². The molecule has 6 nitrogen and oxygen atoms in total. The highest BCUT2D eigenvalue weighted by molar-refractivity contribution is 14.0. The number of aliphatic hydroxyl groups is 1. The van der Waals surface area contributed by atoms with Gasteiger partial charge in [0.2, 0.25) is 6.79 Å². The topological polar surface area (TPSA) is 75.1 Å². The molecule has 7 heteroatoms. The highest BCUT2D eigenvalue weighted by atomic mass is 127. The molecule has 0 atom stereocenters. The van der Waals surface area contributed by atoms with E-state index in [4.69, 9.17) is 9.47 Å². The maximum Gasteiger partial charge on any atom is 0.231 e. The summed E-state index contributed by atoms with van der Waals surface area (Å²) in [7, 11) is 0. The summed E-state index contributed by atoms with van der Waals surface area (Å²) in [5.41, 5.74) is 3.12. The van der Waals surface area contributed by atoms with Gasteiger partial charge in [-0.25, -0.2) is 4.99 Å². The van der Waals surface area contributed by atoms with E-state index in [-0.39, 0.29) is 30.6 Å². The fourth-order valence-electron chi connectivity index (χ4n) is 2.79. The molecule has 146 valence electrons. The van der Waals surface area contributed by atoms with Gasteiger partial charge in [0.1, 0.15) is 0 Å². The highest BCUT2D eigenvalue weighted by Gasteiger charge is 2.12. The number of guanidine groups is 1. The van der Waals surface area contributed by atoms with Crippen molar-refractivity contribution in [2.45, 2.75) is 26.5 Å². The molecule has 1 aliphatic heterocycles. The fourth-order valence-corrected chi connectivity index (χ4v) is 2.79. The molecule has 1 aliphatic rings. The molecule has 2 aromatic rings. The van der Waals surface area contributed by atoms with E-state index in [1.54, 1.807) is 0 Å². The van der Waals surface area contributed by atoms with Crippen molar-refractivity contribution in [2.75, 3.05) is 19.9 Å². The van der Waals surface area contributed by atoms with Gasteiger partial charge in [-0.1, -0.05) is 30.3 Å². The molecular formula is C20H26IN3O3. The van der Waals surface area contributed by atoms with Crippen LogP contribution >= 0.6 is 24.0 Å². The Hall–Kier alpha value is -2.00. The monoisotopic (exact) mass is 483 g/mol. The van der Waals surface area contributed by atoms with Crippen LogP contribution < -0.4 is 20.1 Å². The maximum atomic E-state index is 9.42. The quantitative estimate of drug-likeness (QED) is 0.321. The highest BCUT2D eigenvalue weighted by Crippen LogP contribution is 2.32. The fraction of sp³-hybridized carbons (Fsp3) is 0.350. The Morgan fingerprint density at radius 3 is 2.63 bits per heavy atom. The van der Waals surface area contributed by atoms with Gasteiger partial charge >= 0.3 is 0 Å². The first-order chi connectivity index (χ1) is 12.8. The molecule has 0 unspecified atom stereocenters. The molecule has 0 fully saturated rings. The Bertz CT molecular complexity index is 768. The van der Waals surface area contributed by atoms with Crippen LogP contribution in [-0.2, 0) is 19.6 Å². The zero-order chi connectivity index (χ0) is 18.2. The predicted molar refractivity (Wildman–Crippen MR) is 117 cm³/mol. The lowest BCUT2D eigenvalue weighted by atomic mass is 10.1. The molecule has 1 heterocycles. The summed E-state index contributed by atoms with van der Waals surface area (Å²) >= 11 is 0. The normalized spacial score (nSPS) is 12.4. The van der Waals surface area contributed by atoms with E-state index in [1.165, 1.54) is 5.56 Å². The first-order valence-electron chi connectivity index (χ1n) is 8.88. The van der Waals surface area contributed by atoms with Crippen LogP contribution in [0.5, 0.6) is 11.5 Å². The number of aliphatic hydroxyl groups excluding tert-OH is 1. The first kappa shape index (κ1) is 21.3. The van der Waals surface area contributed by atoms with Gasteiger partial charge in [-0.05, 0) is 42.2 Å². The lowest BCUT2D eigenvalue weighted by Gasteiger charge is -2.12. The van der Waals surface area contributed by atoms with Crippen molar-refractivity contribution < 1.29 is 14.6 Å². The molecule has 0 spiro atoms. The summed E-state index contributed by atoms with van der Waals surface area (Å²) in [6.45, 7) is 4.43. The van der Waals surface area contributed by atoms with Crippen molar-refractivity contribution in [1.82, 2.24) is 10.6 Å². The number of nitrogens with one attached hydrogen (secondary N) is 2. The second kappa shape index (κ2) is 11.0. The van der Waals surface area contributed by atoms with Crippen molar-refractivity contribution in [1.29, 1.82) is 0 Å². The minimum Gasteiger partial charge on any atom is -0.454 e. The van der Waals surface area contributed by atoms with Crippen molar-refractivity contribution in [3.63, 3.8) is 0 Å². The molecule has 0 bridgehead atoms. The third-order valence-electron chi connectivity index (χ3n) is 4.18. The van der Waals surface area contributed by atoms with Crippen molar-refractivity contribution >= 4 is 29.9 Å². The Labute approximate surface area is 177 Å². The first-order valence-corrected chi connectivity index (χ1v) is 8.88. The third kappa shape index (κ3) is 6.00. The van der Waals surface area contributed by atoms with Crippen LogP contribution in [-0.4, -0.2) is 30.9 Å². The van der Waals surface area contributed by atoms with Gasteiger partial charge in [0, 0.05) is 13.1 Å². The number of hydrogen-bond donors (Lipinski definition) is 3. The molecule has 27 heavy (non-hydrogen) atoms. The molecule has 2 aromatic carbocycles. The van der Waals surface area contributed by atoms with E-state index in [2.05, 4.69) is 21.7 Å². The molecule has 0 amide bonds. The number of aliphatic imine (C=N–C) groups is 1. The summed E-state index contributed by atoms with van der Waals surface area (Å²) in [6, 6.07) is 13.8. The number of hydrogen-bond acceptors (Lipinski definition) is 4. The van der Waals surface area contributed by atoms with Crippen LogP contribution in [0.25, 0.3) is 0 Å². The Kier molecular flexibility index (Phi) is 8.66. The van der Waals surface area contributed by atoms with Crippen LogP contribution in [0.4, 0.5) is 0 Å². The molecule has 0 radical (unpaired) electrons. The minimum atomic E-state index is 0. The molecule has 0 saturated carbocycles. The summed E-state index contributed by atoms with van der Waals surface area (Å²) < 4.78 is 10.8. The van der Waals surface area contributed by atoms with Gasteiger partial charge in [0.25, 0.3) is 0 Å². The number of nitrogens with zero attached hydrogens (tertiary/aromatic N) is 1. The SMILES string of the molecule is CCNC(=NCc1ccccc1CO)NCCc1ccc2c(c1)OCO2.I. The molecule has 0 aromatic heterocycles. The van der Waals surface area contributed by atoms with Gasteiger partial charge < -0.3 is 25.2 Å². The van der Waals surface area contributed by atoms with Crippen molar-refractivity contribution in [3.8, 4) is 11.5 Å². The van der Waals surface area contributed by atoms with Gasteiger partial charge in [0.05, 0.1) is 13.2 Å². The summed E-state index contributed by atoms with van der Waals surface area (Å²) in [5.74, 6) is 2.38.